The Labute approximate surface area is 136 Å². The molecule has 1 aliphatic rings. The van der Waals surface area contributed by atoms with Crippen molar-refractivity contribution in [2.24, 2.45) is 5.92 Å². The van der Waals surface area contributed by atoms with Gasteiger partial charge in [-0.3, -0.25) is 9.59 Å². The molecule has 2 rings (SSSR count). The van der Waals surface area contributed by atoms with Crippen LogP contribution in [-0.2, 0) is 9.59 Å². The average molecular weight is 403 g/mol. The van der Waals surface area contributed by atoms with Crippen LogP contribution in [0.2, 0.25) is 0 Å². The molecule has 0 aliphatic carbocycles. The number of nitrogens with zero attached hydrogens (tertiary/aromatic N) is 1. The van der Waals surface area contributed by atoms with Gasteiger partial charge in [0.2, 0.25) is 5.91 Å². The molecule has 0 bridgehead atoms. The van der Waals surface area contributed by atoms with Crippen molar-refractivity contribution in [1.82, 2.24) is 0 Å². The molecular formula is C15H17Br2NO2. The van der Waals surface area contributed by atoms with Crippen LogP contribution >= 0.6 is 31.9 Å². The minimum absolute atomic E-state index is 0.0396. The topological polar surface area (TPSA) is 37.4 Å². The van der Waals surface area contributed by atoms with Gasteiger partial charge in [-0.25, -0.2) is 0 Å². The van der Waals surface area contributed by atoms with E-state index in [0.29, 0.717) is 13.0 Å². The van der Waals surface area contributed by atoms with Gasteiger partial charge in [-0.15, -0.1) is 0 Å². The van der Waals surface area contributed by atoms with Gasteiger partial charge in [0.1, 0.15) is 0 Å². The van der Waals surface area contributed by atoms with Gasteiger partial charge in [-0.2, -0.15) is 0 Å². The highest BCUT2D eigenvalue weighted by Gasteiger charge is 2.40. The van der Waals surface area contributed by atoms with Crippen molar-refractivity contribution in [3.05, 3.63) is 28.7 Å². The second-order valence-corrected chi connectivity index (χ2v) is 8.40. The molecule has 0 N–H and O–H groups in total. The lowest BCUT2D eigenvalue weighted by Gasteiger charge is -2.33. The van der Waals surface area contributed by atoms with Crippen LogP contribution in [0.25, 0.3) is 0 Å². The average Bonchev–Trinajstić information content (AvgIpc) is 2.37. The number of carbonyl (C=O) groups excluding carboxylic acids is 2. The SMILES string of the molecule is CC(C)(Br)C(=O)C1CCCN(c2cccc(Br)c2)C1=O. The molecule has 1 fully saturated rings. The third-order valence-electron chi connectivity index (χ3n) is 3.46. The Hall–Kier alpha value is -0.680. The summed E-state index contributed by atoms with van der Waals surface area (Å²) >= 11 is 6.78. The van der Waals surface area contributed by atoms with E-state index in [0.717, 1.165) is 16.6 Å². The molecule has 0 saturated carbocycles. The highest BCUT2D eigenvalue weighted by Crippen LogP contribution is 2.31. The standard InChI is InChI=1S/C15H17Br2NO2/c1-15(2,17)13(19)12-7-4-8-18(14(12)20)11-6-3-5-10(16)9-11/h3,5-6,9,12H,4,7-8H2,1-2H3. The normalized spacial score (nSPS) is 20.1. The number of halogens is 2. The summed E-state index contributed by atoms with van der Waals surface area (Å²) in [6.07, 6.45) is 1.48. The van der Waals surface area contributed by atoms with E-state index in [4.69, 9.17) is 0 Å². The Kier molecular flexibility index (Phi) is 4.69. The summed E-state index contributed by atoms with van der Waals surface area (Å²) < 4.78 is 0.269. The van der Waals surface area contributed by atoms with Crippen LogP contribution < -0.4 is 4.90 Å². The Balaban J connectivity index is 2.25. The van der Waals surface area contributed by atoms with Crippen molar-refractivity contribution >= 4 is 49.2 Å². The van der Waals surface area contributed by atoms with Gasteiger partial charge in [-0.05, 0) is 44.9 Å². The number of piperidine rings is 1. The predicted octanol–water partition coefficient (Wildman–Crippen LogP) is 3.93. The fraction of sp³-hybridized carbons (Fsp3) is 0.467. The van der Waals surface area contributed by atoms with Gasteiger partial charge in [0.05, 0.1) is 10.2 Å². The van der Waals surface area contributed by atoms with Crippen LogP contribution in [0.15, 0.2) is 28.7 Å². The molecule has 1 atom stereocenters. The van der Waals surface area contributed by atoms with Crippen molar-refractivity contribution in [2.45, 2.75) is 31.0 Å². The van der Waals surface area contributed by atoms with Crippen molar-refractivity contribution < 1.29 is 9.59 Å². The zero-order chi connectivity index (χ0) is 14.9. The van der Waals surface area contributed by atoms with E-state index >= 15 is 0 Å². The fourth-order valence-corrected chi connectivity index (χ4v) is 3.10. The van der Waals surface area contributed by atoms with Crippen LogP contribution in [0.5, 0.6) is 0 Å². The molecular weight excluding hydrogens is 386 g/mol. The molecule has 1 unspecified atom stereocenters. The first-order valence-corrected chi connectivity index (χ1v) is 8.19. The van der Waals surface area contributed by atoms with E-state index in [-0.39, 0.29) is 11.7 Å². The summed E-state index contributed by atoms with van der Waals surface area (Å²) in [5.41, 5.74) is 0.842. The largest absolute Gasteiger partial charge is 0.312 e. The Morgan fingerprint density at radius 1 is 1.40 bits per heavy atom. The van der Waals surface area contributed by atoms with Crippen LogP contribution in [0.4, 0.5) is 5.69 Å². The number of hydrogen-bond acceptors (Lipinski definition) is 2. The van der Waals surface area contributed by atoms with E-state index in [1.165, 1.54) is 0 Å². The lowest BCUT2D eigenvalue weighted by molar-refractivity contribution is -0.134. The summed E-state index contributed by atoms with van der Waals surface area (Å²) in [7, 11) is 0. The molecule has 1 saturated heterocycles. The molecule has 1 amide bonds. The number of benzene rings is 1. The second kappa shape index (κ2) is 5.98. The molecule has 1 heterocycles. The lowest BCUT2D eigenvalue weighted by atomic mass is 9.87. The van der Waals surface area contributed by atoms with Crippen LogP contribution in [-0.4, -0.2) is 22.6 Å². The minimum atomic E-state index is -0.659. The monoisotopic (exact) mass is 401 g/mol. The number of anilines is 1. The highest BCUT2D eigenvalue weighted by molar-refractivity contribution is 9.10. The first kappa shape index (κ1) is 15.7. The third kappa shape index (κ3) is 3.31. The molecule has 1 aliphatic heterocycles. The highest BCUT2D eigenvalue weighted by atomic mass is 79.9. The van der Waals surface area contributed by atoms with Crippen molar-refractivity contribution in [3.8, 4) is 0 Å². The summed E-state index contributed by atoms with van der Waals surface area (Å²) in [6, 6.07) is 7.62. The Bertz CT molecular complexity index is 537. The van der Waals surface area contributed by atoms with Crippen LogP contribution in [0, 0.1) is 5.92 Å². The Morgan fingerprint density at radius 2 is 2.10 bits per heavy atom. The number of alkyl halides is 1. The first-order valence-electron chi connectivity index (χ1n) is 6.61. The Morgan fingerprint density at radius 3 is 2.70 bits per heavy atom. The van der Waals surface area contributed by atoms with Crippen LogP contribution in [0.3, 0.4) is 0 Å². The van der Waals surface area contributed by atoms with Crippen LogP contribution in [0.1, 0.15) is 26.7 Å². The molecule has 1 aromatic rings. The smallest absolute Gasteiger partial charge is 0.237 e. The van der Waals surface area contributed by atoms with E-state index in [2.05, 4.69) is 31.9 Å². The fourth-order valence-electron chi connectivity index (χ4n) is 2.43. The maximum absolute atomic E-state index is 12.6. The molecule has 0 radical (unpaired) electrons. The van der Waals surface area contributed by atoms with E-state index < -0.39 is 10.2 Å². The first-order chi connectivity index (χ1) is 9.30. The number of hydrogen-bond donors (Lipinski definition) is 0. The number of rotatable bonds is 3. The van der Waals surface area contributed by atoms with Gasteiger partial charge in [0.15, 0.2) is 5.78 Å². The lowest BCUT2D eigenvalue weighted by Crippen LogP contribution is -2.48. The summed E-state index contributed by atoms with van der Waals surface area (Å²) in [6.45, 7) is 4.25. The number of amides is 1. The van der Waals surface area contributed by atoms with Gasteiger partial charge in [0, 0.05) is 16.7 Å². The van der Waals surface area contributed by atoms with Gasteiger partial charge < -0.3 is 4.90 Å². The zero-order valence-corrected chi connectivity index (χ0v) is 14.7. The van der Waals surface area contributed by atoms with E-state index in [1.807, 2.05) is 24.3 Å². The molecule has 5 heteroatoms. The summed E-state index contributed by atoms with van der Waals surface area (Å²) in [4.78, 5) is 26.7. The summed E-state index contributed by atoms with van der Waals surface area (Å²) in [5.74, 6) is -0.675. The maximum Gasteiger partial charge on any atom is 0.237 e. The molecule has 108 valence electrons. The zero-order valence-electron chi connectivity index (χ0n) is 11.5. The predicted molar refractivity (Wildman–Crippen MR) is 87.2 cm³/mol. The third-order valence-corrected chi connectivity index (χ3v) is 4.34. The molecule has 0 aromatic heterocycles. The second-order valence-electron chi connectivity index (χ2n) is 5.50. The molecule has 3 nitrogen and oxygen atoms in total. The van der Waals surface area contributed by atoms with Crippen molar-refractivity contribution in [2.75, 3.05) is 11.4 Å². The van der Waals surface area contributed by atoms with E-state index in [9.17, 15) is 9.59 Å². The summed E-state index contributed by atoms with van der Waals surface area (Å²) in [5, 5.41) is 0. The number of carbonyl (C=O) groups is 2. The van der Waals surface area contributed by atoms with Gasteiger partial charge >= 0.3 is 0 Å². The van der Waals surface area contributed by atoms with Gasteiger partial charge in [-0.1, -0.05) is 37.9 Å². The number of ketones is 1. The van der Waals surface area contributed by atoms with Gasteiger partial charge in [0.25, 0.3) is 0 Å². The number of Topliss-reactive ketones (excluding diaryl/α,β-unsaturated/α-hetero) is 1. The van der Waals surface area contributed by atoms with Crippen molar-refractivity contribution in [1.29, 1.82) is 0 Å². The quantitative estimate of drug-likeness (QED) is 0.567. The van der Waals surface area contributed by atoms with E-state index in [1.54, 1.807) is 18.7 Å². The maximum atomic E-state index is 12.6. The minimum Gasteiger partial charge on any atom is -0.312 e. The molecule has 0 spiro atoms. The molecule has 20 heavy (non-hydrogen) atoms. The molecule has 1 aromatic carbocycles. The van der Waals surface area contributed by atoms with Crippen molar-refractivity contribution in [3.63, 3.8) is 0 Å².